The second-order valence-corrected chi connectivity index (χ2v) is 3.46. The molecule has 0 atom stereocenters. The van der Waals surface area contributed by atoms with Gasteiger partial charge in [0.1, 0.15) is 5.82 Å². The molecule has 1 rings (SSSR count). The first-order valence-electron chi connectivity index (χ1n) is 3.24. The van der Waals surface area contributed by atoms with Gasteiger partial charge in [0.25, 0.3) is 0 Å². The molecule has 0 bridgehead atoms. The van der Waals surface area contributed by atoms with Crippen LogP contribution >= 0.6 is 23.4 Å². The number of halogens is 2. The predicted molar refractivity (Wildman–Crippen MR) is 48.0 cm³/mol. The number of hydrogen-bond donors (Lipinski definition) is 0. The van der Waals surface area contributed by atoms with Gasteiger partial charge in [0.2, 0.25) is 5.12 Å². The molecule has 64 valence electrons. The largest absolute Gasteiger partial charge is 0.285 e. The Morgan fingerprint density at radius 1 is 1.42 bits per heavy atom. The monoisotopic (exact) mass is 204 g/mol. The van der Waals surface area contributed by atoms with Crippen LogP contribution in [-0.4, -0.2) is 11.0 Å². The van der Waals surface area contributed by atoms with Gasteiger partial charge in [-0.3, -0.25) is 4.79 Å². The number of thioether (sulfide) groups is 1. The first kappa shape index (κ1) is 9.55. The third kappa shape index (κ3) is 2.83. The molecule has 1 nitrogen and oxygen atoms in total. The molecular formula is C8H6ClFOS. The van der Waals surface area contributed by atoms with Crippen LogP contribution in [0, 0.1) is 5.82 Å². The maximum absolute atomic E-state index is 12.4. The average molecular weight is 205 g/mol. The highest BCUT2D eigenvalue weighted by Crippen LogP contribution is 2.19. The van der Waals surface area contributed by atoms with E-state index in [4.69, 9.17) is 11.6 Å². The van der Waals surface area contributed by atoms with Crippen LogP contribution in [0.15, 0.2) is 29.2 Å². The number of hydrogen-bond acceptors (Lipinski definition) is 2. The third-order valence-corrected chi connectivity index (χ3v) is 2.44. The summed E-state index contributed by atoms with van der Waals surface area (Å²) >= 11 is 6.30. The maximum Gasteiger partial charge on any atom is 0.208 e. The predicted octanol–water partition coefficient (Wildman–Crippen LogP) is 2.68. The highest BCUT2D eigenvalue weighted by molar-refractivity contribution is 8.13. The van der Waals surface area contributed by atoms with Gasteiger partial charge in [-0.15, -0.1) is 11.6 Å². The number of benzene rings is 1. The van der Waals surface area contributed by atoms with Crippen molar-refractivity contribution in [3.05, 3.63) is 30.1 Å². The van der Waals surface area contributed by atoms with Gasteiger partial charge in [0.05, 0.1) is 5.88 Å². The van der Waals surface area contributed by atoms with Gasteiger partial charge in [-0.25, -0.2) is 4.39 Å². The Kier molecular flexibility index (Phi) is 3.56. The average Bonchev–Trinajstić information content (AvgIpc) is 2.09. The van der Waals surface area contributed by atoms with Crippen LogP contribution in [0.25, 0.3) is 0 Å². The van der Waals surface area contributed by atoms with Crippen molar-refractivity contribution < 1.29 is 9.18 Å². The Morgan fingerprint density at radius 3 is 2.50 bits per heavy atom. The van der Waals surface area contributed by atoms with E-state index in [1.165, 1.54) is 12.1 Å². The summed E-state index contributed by atoms with van der Waals surface area (Å²) in [7, 11) is 0. The number of alkyl halides is 1. The standard InChI is InChI=1S/C8H6ClFOS/c9-5-8(11)12-7-3-1-6(10)2-4-7/h1-4H,5H2. The van der Waals surface area contributed by atoms with E-state index in [1.54, 1.807) is 12.1 Å². The van der Waals surface area contributed by atoms with Crippen molar-refractivity contribution in [3.8, 4) is 0 Å². The first-order valence-corrected chi connectivity index (χ1v) is 4.59. The lowest BCUT2D eigenvalue weighted by atomic mass is 10.4. The second kappa shape index (κ2) is 4.48. The summed E-state index contributed by atoms with van der Waals surface area (Å²) in [6, 6.07) is 5.71. The Labute approximate surface area is 78.9 Å². The van der Waals surface area contributed by atoms with E-state index in [1.807, 2.05) is 0 Å². The zero-order chi connectivity index (χ0) is 8.97. The Morgan fingerprint density at radius 2 is 2.00 bits per heavy atom. The molecule has 1 aromatic rings. The van der Waals surface area contributed by atoms with Crippen molar-refractivity contribution >= 4 is 28.5 Å². The number of rotatable bonds is 2. The summed E-state index contributed by atoms with van der Waals surface area (Å²) in [5.41, 5.74) is 0. The van der Waals surface area contributed by atoms with Gasteiger partial charge in [0, 0.05) is 4.90 Å². The van der Waals surface area contributed by atoms with E-state index in [-0.39, 0.29) is 16.8 Å². The lowest BCUT2D eigenvalue weighted by molar-refractivity contribution is -0.108. The minimum atomic E-state index is -0.308. The van der Waals surface area contributed by atoms with Crippen LogP contribution in [0.2, 0.25) is 0 Å². The summed E-state index contributed by atoms with van der Waals surface area (Å²) in [6.07, 6.45) is 0. The van der Waals surface area contributed by atoms with Gasteiger partial charge in [-0.05, 0) is 24.3 Å². The molecule has 0 aliphatic carbocycles. The number of carbonyl (C=O) groups is 1. The molecule has 12 heavy (non-hydrogen) atoms. The van der Waals surface area contributed by atoms with Crippen LogP contribution in [0.4, 0.5) is 4.39 Å². The third-order valence-electron chi connectivity index (χ3n) is 1.15. The highest BCUT2D eigenvalue weighted by atomic mass is 35.5. The lowest BCUT2D eigenvalue weighted by Crippen LogP contribution is -1.90. The molecule has 0 unspecified atom stereocenters. The molecule has 4 heteroatoms. The Hall–Kier alpha value is -0.540. The fourth-order valence-corrected chi connectivity index (χ4v) is 1.41. The van der Waals surface area contributed by atoms with E-state index in [9.17, 15) is 9.18 Å². The van der Waals surface area contributed by atoms with Gasteiger partial charge in [0.15, 0.2) is 0 Å². The van der Waals surface area contributed by atoms with Crippen molar-refractivity contribution in [1.82, 2.24) is 0 Å². The van der Waals surface area contributed by atoms with Crippen molar-refractivity contribution in [3.63, 3.8) is 0 Å². The molecule has 0 spiro atoms. The highest BCUT2D eigenvalue weighted by Gasteiger charge is 2.01. The van der Waals surface area contributed by atoms with E-state index < -0.39 is 0 Å². The van der Waals surface area contributed by atoms with E-state index >= 15 is 0 Å². The summed E-state index contributed by atoms with van der Waals surface area (Å²) in [5, 5.41) is -0.136. The van der Waals surface area contributed by atoms with E-state index in [0.29, 0.717) is 4.90 Å². The SMILES string of the molecule is O=C(CCl)Sc1ccc(F)cc1. The van der Waals surface area contributed by atoms with Crippen LogP contribution in [0.1, 0.15) is 0 Å². The van der Waals surface area contributed by atoms with E-state index in [2.05, 4.69) is 0 Å². The normalized spacial score (nSPS) is 9.83. The molecular weight excluding hydrogens is 199 g/mol. The molecule has 0 aliphatic heterocycles. The fraction of sp³-hybridized carbons (Fsp3) is 0.125. The Balaban J connectivity index is 2.64. The minimum absolute atomic E-state index is 0.0258. The zero-order valence-electron chi connectivity index (χ0n) is 6.09. The van der Waals surface area contributed by atoms with E-state index in [0.717, 1.165) is 11.8 Å². The van der Waals surface area contributed by atoms with Gasteiger partial charge in [-0.1, -0.05) is 11.8 Å². The van der Waals surface area contributed by atoms with Gasteiger partial charge in [-0.2, -0.15) is 0 Å². The summed E-state index contributed by atoms with van der Waals surface area (Å²) in [5.74, 6) is -0.333. The second-order valence-electron chi connectivity index (χ2n) is 2.06. The molecule has 0 saturated heterocycles. The van der Waals surface area contributed by atoms with Crippen molar-refractivity contribution in [2.45, 2.75) is 4.90 Å². The molecule has 0 heterocycles. The summed E-state index contributed by atoms with van der Waals surface area (Å²) in [4.78, 5) is 11.5. The molecule has 0 N–H and O–H groups in total. The summed E-state index contributed by atoms with van der Waals surface area (Å²) in [6.45, 7) is 0. The molecule has 0 amide bonds. The lowest BCUT2D eigenvalue weighted by Gasteiger charge is -1.96. The van der Waals surface area contributed by atoms with Crippen molar-refractivity contribution in [2.24, 2.45) is 0 Å². The smallest absolute Gasteiger partial charge is 0.208 e. The quantitative estimate of drug-likeness (QED) is 0.544. The maximum atomic E-state index is 12.4. The molecule has 0 aliphatic rings. The molecule has 0 saturated carbocycles. The van der Waals surface area contributed by atoms with Crippen LogP contribution in [-0.2, 0) is 4.79 Å². The Bertz CT molecular complexity index is 273. The van der Waals surface area contributed by atoms with Crippen LogP contribution in [0.5, 0.6) is 0 Å². The van der Waals surface area contributed by atoms with Gasteiger partial charge >= 0.3 is 0 Å². The van der Waals surface area contributed by atoms with Crippen LogP contribution in [0.3, 0.4) is 0 Å². The summed E-state index contributed by atoms with van der Waals surface area (Å²) < 4.78 is 12.4. The molecule has 0 fully saturated rings. The first-order chi connectivity index (χ1) is 5.72. The molecule has 0 radical (unpaired) electrons. The number of carbonyl (C=O) groups excluding carboxylic acids is 1. The topological polar surface area (TPSA) is 17.1 Å². The van der Waals surface area contributed by atoms with Crippen molar-refractivity contribution in [2.75, 3.05) is 5.88 Å². The fourth-order valence-electron chi connectivity index (χ4n) is 0.661. The van der Waals surface area contributed by atoms with Gasteiger partial charge < -0.3 is 0 Å². The zero-order valence-corrected chi connectivity index (χ0v) is 7.66. The molecule has 0 aromatic heterocycles. The molecule has 1 aromatic carbocycles. The van der Waals surface area contributed by atoms with Crippen LogP contribution < -0.4 is 0 Å². The van der Waals surface area contributed by atoms with Crippen molar-refractivity contribution in [1.29, 1.82) is 0 Å². The minimum Gasteiger partial charge on any atom is -0.285 e.